The maximum Gasteiger partial charge on any atom is 0.341 e. The van der Waals surface area contributed by atoms with Crippen LogP contribution in [0.1, 0.15) is 71.2 Å². The van der Waals surface area contributed by atoms with Gasteiger partial charge in [0.25, 0.3) is 0 Å². The second kappa shape index (κ2) is 28.7. The van der Waals surface area contributed by atoms with Gasteiger partial charge in [0.05, 0.1) is 19.8 Å². The summed E-state index contributed by atoms with van der Waals surface area (Å²) in [5.74, 6) is 14.1. The molecule has 0 saturated carbocycles. The van der Waals surface area contributed by atoms with Crippen molar-refractivity contribution in [3.8, 4) is 46.7 Å². The minimum absolute atomic E-state index is 0.00413. The molecule has 0 spiro atoms. The Labute approximate surface area is 441 Å². The number of carboxylic acid groups (broad SMARTS) is 2. The summed E-state index contributed by atoms with van der Waals surface area (Å²) in [7, 11) is 0. The number of aliphatic hydroxyl groups excluding tert-OH is 1. The Balaban J connectivity index is 0.000000241. The molecule has 0 unspecified atom stereocenters. The average Bonchev–Trinajstić information content (AvgIpc) is 3.38. The van der Waals surface area contributed by atoms with E-state index in [2.05, 4.69) is 43.6 Å². The highest BCUT2D eigenvalue weighted by molar-refractivity contribution is 7.99. The molecule has 0 bridgehead atoms. The quantitative estimate of drug-likeness (QED) is 0.0631. The molecule has 0 aliphatic rings. The normalized spacial score (nSPS) is 10.5. The van der Waals surface area contributed by atoms with Crippen LogP contribution in [0.15, 0.2) is 171 Å². The lowest BCUT2D eigenvalue weighted by Gasteiger charge is -2.15. The standard InChI is InChI=1S/C32H27ClO5S.C29H30O4S/c1-22-16-29(12-13-31(22)38-21-32(35)36)39-30-18-26(7-4-23-2-5-25(20-34)6-3-23)17-28(19-30)37-15-14-24-8-10-27(33)11-9-24;1-4-22(5-2)19-32-25-16-24(12-11-23-9-7-6-8-10-23)17-27(18-25)34-26-13-14-28(21(3)15-26)33-20-29(30)31/h2-3,5-6,8-13,16-19,34H,14-15,20-21H2,1H3,(H,35,36);6-10,13-18,22H,4-5,19-20H2,1-3H3,(H,30,31). The van der Waals surface area contributed by atoms with Gasteiger partial charge in [-0.25, -0.2) is 9.59 Å². The third kappa shape index (κ3) is 19.0. The van der Waals surface area contributed by atoms with E-state index in [4.69, 9.17) is 40.8 Å². The van der Waals surface area contributed by atoms with Crippen LogP contribution in [0.5, 0.6) is 23.0 Å². The van der Waals surface area contributed by atoms with Crippen molar-refractivity contribution in [2.75, 3.05) is 26.4 Å². The maximum atomic E-state index is 10.8. The van der Waals surface area contributed by atoms with Gasteiger partial charge in [-0.15, -0.1) is 0 Å². The fraction of sp³-hybridized carbons (Fsp3) is 0.213. The van der Waals surface area contributed by atoms with Crippen LogP contribution in [0.3, 0.4) is 0 Å². The number of carbonyl (C=O) groups is 2. The molecular formula is C61H57ClO9S2. The first-order valence-corrected chi connectivity index (χ1v) is 25.7. The van der Waals surface area contributed by atoms with Crippen LogP contribution in [0.25, 0.3) is 0 Å². The van der Waals surface area contributed by atoms with Crippen molar-refractivity contribution in [2.45, 2.75) is 73.1 Å². The lowest BCUT2D eigenvalue weighted by atomic mass is 10.1. The molecule has 0 aliphatic heterocycles. The summed E-state index contributed by atoms with van der Waals surface area (Å²) < 4.78 is 23.0. The van der Waals surface area contributed by atoms with Crippen molar-refractivity contribution in [1.29, 1.82) is 0 Å². The number of hydrogen-bond acceptors (Lipinski definition) is 9. The van der Waals surface area contributed by atoms with Gasteiger partial charge in [0.2, 0.25) is 0 Å². The molecule has 3 N–H and O–H groups in total. The van der Waals surface area contributed by atoms with Crippen LogP contribution in [-0.2, 0) is 22.6 Å². The Morgan fingerprint density at radius 3 is 1.49 bits per heavy atom. The lowest BCUT2D eigenvalue weighted by Crippen LogP contribution is -2.10. The van der Waals surface area contributed by atoms with E-state index in [-0.39, 0.29) is 19.8 Å². The zero-order valence-corrected chi connectivity index (χ0v) is 43.5. The van der Waals surface area contributed by atoms with Crippen LogP contribution in [0.2, 0.25) is 5.02 Å². The summed E-state index contributed by atoms with van der Waals surface area (Å²) in [5, 5.41) is 27.7. The number of halogens is 1. The molecule has 7 aromatic carbocycles. The average molecular weight is 1030 g/mol. The smallest absolute Gasteiger partial charge is 0.341 e. The van der Waals surface area contributed by atoms with E-state index in [0.717, 1.165) is 89.1 Å². The highest BCUT2D eigenvalue weighted by Crippen LogP contribution is 2.36. The van der Waals surface area contributed by atoms with Crippen LogP contribution < -0.4 is 18.9 Å². The topological polar surface area (TPSA) is 132 Å². The zero-order chi connectivity index (χ0) is 52.0. The van der Waals surface area contributed by atoms with Gasteiger partial charge < -0.3 is 34.3 Å². The first kappa shape index (κ1) is 55.1. The second-order valence-corrected chi connectivity index (χ2v) is 19.5. The molecule has 7 aromatic rings. The summed E-state index contributed by atoms with van der Waals surface area (Å²) in [6.07, 6.45) is 2.91. The van der Waals surface area contributed by atoms with Crippen LogP contribution >= 0.6 is 35.1 Å². The maximum absolute atomic E-state index is 10.8. The number of ether oxygens (including phenoxy) is 4. The Morgan fingerprint density at radius 2 is 1.01 bits per heavy atom. The number of carboxylic acids is 2. The van der Waals surface area contributed by atoms with Gasteiger partial charge in [-0.2, -0.15) is 0 Å². The van der Waals surface area contributed by atoms with Crippen molar-refractivity contribution in [1.82, 2.24) is 0 Å². The molecule has 12 heteroatoms. The molecule has 0 atom stereocenters. The fourth-order valence-electron chi connectivity index (χ4n) is 7.00. The molecule has 9 nitrogen and oxygen atoms in total. The third-order valence-electron chi connectivity index (χ3n) is 11.1. The highest BCUT2D eigenvalue weighted by atomic mass is 35.5. The number of benzene rings is 7. The number of aliphatic carboxylic acids is 2. The fourth-order valence-corrected chi connectivity index (χ4v) is 9.13. The number of rotatable bonds is 20. The second-order valence-electron chi connectivity index (χ2n) is 16.7. The SMILES string of the molecule is CCC(CC)COc1cc(C#Cc2ccccc2)cc(Sc2ccc(OCC(=O)O)c(C)c2)c1.Cc1cc(Sc2cc(C#Cc3ccc(CO)cc3)cc(OCCc3ccc(Cl)cc3)c2)ccc1OCC(=O)O. The minimum Gasteiger partial charge on any atom is -0.493 e. The third-order valence-corrected chi connectivity index (χ3v) is 13.2. The van der Waals surface area contributed by atoms with Gasteiger partial charge >= 0.3 is 11.9 Å². The predicted molar refractivity (Wildman–Crippen MR) is 291 cm³/mol. The molecular weight excluding hydrogens is 976 g/mol. The van der Waals surface area contributed by atoms with Gasteiger partial charge in [0.1, 0.15) is 23.0 Å². The van der Waals surface area contributed by atoms with E-state index in [9.17, 15) is 14.7 Å². The van der Waals surface area contributed by atoms with Crippen molar-refractivity contribution < 1.29 is 43.9 Å². The highest BCUT2D eigenvalue weighted by Gasteiger charge is 2.11. The van der Waals surface area contributed by atoms with Gasteiger partial charge in [0.15, 0.2) is 13.2 Å². The summed E-state index contributed by atoms with van der Waals surface area (Å²) >= 11 is 9.16. The lowest BCUT2D eigenvalue weighted by molar-refractivity contribution is -0.140. The first-order chi connectivity index (χ1) is 35.3. The molecule has 0 fully saturated rings. The van der Waals surface area contributed by atoms with Crippen LogP contribution in [0, 0.1) is 43.4 Å². The van der Waals surface area contributed by atoms with E-state index >= 15 is 0 Å². The molecule has 0 saturated heterocycles. The number of hydrogen-bond donors (Lipinski definition) is 3. The Kier molecular flexibility index (Phi) is 21.7. The summed E-state index contributed by atoms with van der Waals surface area (Å²) in [6.45, 7) is 8.61. The minimum atomic E-state index is -1.02. The van der Waals surface area contributed by atoms with Gasteiger partial charge in [-0.05, 0) is 151 Å². The first-order valence-electron chi connectivity index (χ1n) is 23.7. The van der Waals surface area contributed by atoms with E-state index in [1.165, 1.54) is 0 Å². The summed E-state index contributed by atoms with van der Waals surface area (Å²) in [5.41, 5.74) is 7.23. The molecule has 73 heavy (non-hydrogen) atoms. The Morgan fingerprint density at radius 1 is 0.534 bits per heavy atom. The van der Waals surface area contributed by atoms with E-state index < -0.39 is 11.9 Å². The van der Waals surface area contributed by atoms with Gasteiger partial charge in [-0.3, -0.25) is 0 Å². The molecule has 0 aliphatic carbocycles. The summed E-state index contributed by atoms with van der Waals surface area (Å²) in [6, 6.07) is 48.5. The van der Waals surface area contributed by atoms with Crippen LogP contribution in [0.4, 0.5) is 0 Å². The van der Waals surface area contributed by atoms with Crippen molar-refractivity contribution in [3.05, 3.63) is 201 Å². The van der Waals surface area contributed by atoms with E-state index in [1.807, 2.05) is 153 Å². The Hall–Kier alpha value is -7.25. The van der Waals surface area contributed by atoms with E-state index in [0.29, 0.717) is 41.4 Å². The van der Waals surface area contributed by atoms with Crippen molar-refractivity contribution >= 4 is 47.1 Å². The predicted octanol–water partition coefficient (Wildman–Crippen LogP) is 13.6. The molecule has 0 heterocycles. The molecule has 0 amide bonds. The van der Waals surface area contributed by atoms with Gasteiger partial charge in [-0.1, -0.05) is 128 Å². The molecule has 0 radical (unpaired) electrons. The molecule has 7 rings (SSSR count). The van der Waals surface area contributed by atoms with Crippen molar-refractivity contribution in [2.24, 2.45) is 5.92 Å². The largest absolute Gasteiger partial charge is 0.493 e. The van der Waals surface area contributed by atoms with Gasteiger partial charge in [0, 0.05) is 53.3 Å². The zero-order valence-electron chi connectivity index (χ0n) is 41.2. The molecule has 0 aromatic heterocycles. The van der Waals surface area contributed by atoms with Crippen molar-refractivity contribution in [3.63, 3.8) is 0 Å². The monoisotopic (exact) mass is 1030 g/mol. The number of aliphatic hydroxyl groups is 1. The summed E-state index contributed by atoms with van der Waals surface area (Å²) in [4.78, 5) is 25.6. The van der Waals surface area contributed by atoms with E-state index in [1.54, 1.807) is 29.6 Å². The number of aryl methyl sites for hydroxylation is 2. The molecule has 374 valence electrons. The Bertz CT molecular complexity index is 3060. The van der Waals surface area contributed by atoms with Crippen LogP contribution in [-0.4, -0.2) is 53.7 Å².